The average molecular weight is 458 g/mol. The number of hydrogen-bond acceptors (Lipinski definition) is 7. The third kappa shape index (κ3) is 2.98. The highest BCUT2D eigenvalue weighted by Crippen LogP contribution is 2.54. The van der Waals surface area contributed by atoms with Gasteiger partial charge >= 0.3 is 5.97 Å². The van der Waals surface area contributed by atoms with Crippen molar-refractivity contribution in [1.29, 1.82) is 0 Å². The van der Waals surface area contributed by atoms with Crippen LogP contribution in [0.3, 0.4) is 0 Å². The van der Waals surface area contributed by atoms with Crippen LogP contribution < -0.4 is 4.90 Å². The van der Waals surface area contributed by atoms with E-state index in [2.05, 4.69) is 4.90 Å². The Hall–Kier alpha value is -3.94. The Bertz CT molecular complexity index is 1290. The minimum absolute atomic E-state index is 0.0494. The Labute approximate surface area is 195 Å². The van der Waals surface area contributed by atoms with Crippen molar-refractivity contribution < 1.29 is 28.8 Å². The summed E-state index contributed by atoms with van der Waals surface area (Å²) in [6.45, 7) is 2.67. The van der Waals surface area contributed by atoms with E-state index in [1.165, 1.54) is 12.2 Å². The molecule has 1 aliphatic carbocycles. The van der Waals surface area contributed by atoms with E-state index in [4.69, 9.17) is 9.57 Å². The number of hydroxylamine groups is 2. The lowest BCUT2D eigenvalue weighted by molar-refractivity contribution is -0.198. The summed E-state index contributed by atoms with van der Waals surface area (Å²) in [4.78, 5) is 56.2. The number of nitrogens with zero attached hydrogens (tertiary/aromatic N) is 2. The number of amides is 2. The van der Waals surface area contributed by atoms with Crippen molar-refractivity contribution in [1.82, 2.24) is 5.06 Å². The molecule has 8 nitrogen and oxygen atoms in total. The van der Waals surface area contributed by atoms with E-state index in [0.717, 1.165) is 34.5 Å². The quantitative estimate of drug-likeness (QED) is 0.643. The molecule has 4 aliphatic heterocycles. The SMILES string of the molecule is CC1(CC(=O)ON2C(=O)CCC2=O)C2=C3C=C4C=CC(=O)C=C4OC3CCN2c2ccccc21. The fourth-order valence-corrected chi connectivity index (χ4v) is 5.58. The number of rotatable bonds is 3. The van der Waals surface area contributed by atoms with Gasteiger partial charge in [0.2, 0.25) is 0 Å². The maximum Gasteiger partial charge on any atom is 0.334 e. The zero-order valence-electron chi connectivity index (χ0n) is 18.6. The minimum Gasteiger partial charge on any atom is -0.485 e. The first kappa shape index (κ1) is 20.7. The predicted octanol–water partition coefficient (Wildman–Crippen LogP) is 2.77. The van der Waals surface area contributed by atoms with Gasteiger partial charge in [-0.1, -0.05) is 18.2 Å². The summed E-state index contributed by atoms with van der Waals surface area (Å²) in [5, 5.41) is 0.596. The number of para-hydroxylation sites is 1. The van der Waals surface area contributed by atoms with E-state index in [1.54, 1.807) is 6.08 Å². The van der Waals surface area contributed by atoms with Gasteiger partial charge in [0, 0.05) is 59.8 Å². The summed E-state index contributed by atoms with van der Waals surface area (Å²) in [6.07, 6.45) is 7.32. The van der Waals surface area contributed by atoms with Gasteiger partial charge in [-0.15, -0.1) is 5.06 Å². The van der Waals surface area contributed by atoms with Crippen LogP contribution >= 0.6 is 0 Å². The number of allylic oxidation sites excluding steroid dienone is 4. The molecular weight excluding hydrogens is 436 g/mol. The molecule has 6 rings (SSSR count). The Balaban J connectivity index is 1.43. The molecule has 1 aromatic carbocycles. The lowest BCUT2D eigenvalue weighted by Crippen LogP contribution is -2.42. The van der Waals surface area contributed by atoms with Crippen LogP contribution in [0.15, 0.2) is 71.2 Å². The maximum absolute atomic E-state index is 13.0. The Morgan fingerprint density at radius 3 is 2.68 bits per heavy atom. The number of ether oxygens (including phenoxy) is 1. The zero-order chi connectivity index (χ0) is 23.6. The molecule has 0 aromatic heterocycles. The highest BCUT2D eigenvalue weighted by atomic mass is 16.7. The first-order valence-electron chi connectivity index (χ1n) is 11.4. The van der Waals surface area contributed by atoms with E-state index < -0.39 is 23.2 Å². The molecule has 0 saturated carbocycles. The van der Waals surface area contributed by atoms with Gasteiger partial charge in [-0.3, -0.25) is 14.4 Å². The van der Waals surface area contributed by atoms with Gasteiger partial charge in [-0.05, 0) is 36.8 Å². The molecule has 2 atom stereocenters. The number of fused-ring (bicyclic) bond motifs is 5. The normalized spacial score (nSPS) is 27.0. The van der Waals surface area contributed by atoms with Crippen LogP contribution in [-0.2, 0) is 34.2 Å². The Morgan fingerprint density at radius 1 is 1.12 bits per heavy atom. The fourth-order valence-electron chi connectivity index (χ4n) is 5.58. The molecule has 1 fully saturated rings. The van der Waals surface area contributed by atoms with Crippen LogP contribution in [0.1, 0.15) is 38.2 Å². The lowest BCUT2D eigenvalue weighted by atomic mass is 9.75. The average Bonchev–Trinajstić information content (AvgIpc) is 3.26. The van der Waals surface area contributed by atoms with Crippen molar-refractivity contribution in [3.8, 4) is 0 Å². The summed E-state index contributed by atoms with van der Waals surface area (Å²) < 4.78 is 6.23. The number of ketones is 1. The third-order valence-corrected chi connectivity index (χ3v) is 7.08. The molecule has 0 radical (unpaired) electrons. The predicted molar refractivity (Wildman–Crippen MR) is 120 cm³/mol. The monoisotopic (exact) mass is 458 g/mol. The summed E-state index contributed by atoms with van der Waals surface area (Å²) in [5.41, 5.74) is 3.94. The van der Waals surface area contributed by atoms with Crippen molar-refractivity contribution in [2.75, 3.05) is 11.4 Å². The zero-order valence-corrected chi connectivity index (χ0v) is 18.6. The fraction of sp³-hybridized carbons (Fsp3) is 0.308. The summed E-state index contributed by atoms with van der Waals surface area (Å²) >= 11 is 0. The van der Waals surface area contributed by atoms with Crippen molar-refractivity contribution >= 4 is 29.3 Å². The molecule has 2 amide bonds. The maximum atomic E-state index is 13.0. The Kier molecular flexibility index (Phi) is 4.42. The second-order valence-corrected chi connectivity index (χ2v) is 9.27. The number of hydrogen-bond donors (Lipinski definition) is 0. The number of carbonyl (C=O) groups is 4. The van der Waals surface area contributed by atoms with E-state index in [9.17, 15) is 19.2 Å². The van der Waals surface area contributed by atoms with E-state index in [1.807, 2.05) is 37.3 Å². The molecule has 1 saturated heterocycles. The molecule has 8 heteroatoms. The molecule has 0 bridgehead atoms. The third-order valence-electron chi connectivity index (χ3n) is 7.08. The molecule has 2 unspecified atom stereocenters. The van der Waals surface area contributed by atoms with Crippen LogP contribution in [0, 0.1) is 0 Å². The van der Waals surface area contributed by atoms with Crippen LogP contribution in [0.2, 0.25) is 0 Å². The van der Waals surface area contributed by atoms with Crippen molar-refractivity contribution in [2.24, 2.45) is 0 Å². The smallest absolute Gasteiger partial charge is 0.334 e. The molecule has 1 aromatic rings. The van der Waals surface area contributed by atoms with E-state index in [-0.39, 0.29) is 31.1 Å². The molecule has 34 heavy (non-hydrogen) atoms. The van der Waals surface area contributed by atoms with Gasteiger partial charge in [0.15, 0.2) is 5.78 Å². The molecule has 5 aliphatic rings. The molecule has 172 valence electrons. The van der Waals surface area contributed by atoms with Crippen LogP contribution in [0.25, 0.3) is 0 Å². The van der Waals surface area contributed by atoms with Crippen LogP contribution in [0.4, 0.5) is 5.69 Å². The first-order chi connectivity index (χ1) is 16.3. The van der Waals surface area contributed by atoms with E-state index in [0.29, 0.717) is 17.4 Å². The van der Waals surface area contributed by atoms with Gasteiger partial charge in [0.25, 0.3) is 11.8 Å². The van der Waals surface area contributed by atoms with Crippen molar-refractivity contribution in [3.63, 3.8) is 0 Å². The topological polar surface area (TPSA) is 93.2 Å². The molecule has 0 N–H and O–H groups in total. The van der Waals surface area contributed by atoms with Gasteiger partial charge in [0.1, 0.15) is 11.9 Å². The van der Waals surface area contributed by atoms with Gasteiger partial charge in [-0.25, -0.2) is 4.79 Å². The summed E-state index contributed by atoms with van der Waals surface area (Å²) in [7, 11) is 0. The van der Waals surface area contributed by atoms with E-state index >= 15 is 0 Å². The summed E-state index contributed by atoms with van der Waals surface area (Å²) in [5.74, 6) is -1.18. The lowest BCUT2D eigenvalue weighted by Gasteiger charge is -2.41. The minimum atomic E-state index is -0.761. The standard InChI is InChI=1S/C26H22N2O6/c1-26(14-24(32)34-28-22(30)8-9-23(28)31)18-4-2-3-5-19(18)27-11-10-20-17(25(26)27)12-15-6-7-16(29)13-21(15)33-20/h2-7,12-13,20H,8-11,14H2,1H3. The number of imide groups is 1. The molecule has 0 spiro atoms. The second-order valence-electron chi connectivity index (χ2n) is 9.27. The number of anilines is 1. The number of benzene rings is 1. The van der Waals surface area contributed by atoms with Crippen molar-refractivity contribution in [2.45, 2.75) is 44.1 Å². The second kappa shape index (κ2) is 7.28. The van der Waals surface area contributed by atoms with Gasteiger partial charge in [-0.2, -0.15) is 0 Å². The largest absolute Gasteiger partial charge is 0.485 e. The number of carbonyl (C=O) groups excluding carboxylic acids is 4. The first-order valence-corrected chi connectivity index (χ1v) is 11.4. The van der Waals surface area contributed by atoms with Crippen molar-refractivity contribution in [3.05, 3.63) is 76.7 Å². The van der Waals surface area contributed by atoms with Crippen LogP contribution in [-0.4, -0.2) is 41.3 Å². The molecule has 4 heterocycles. The van der Waals surface area contributed by atoms with Gasteiger partial charge in [0.05, 0.1) is 6.42 Å². The highest BCUT2D eigenvalue weighted by molar-refractivity contribution is 6.02. The molecular formula is C26H22N2O6. The van der Waals surface area contributed by atoms with Crippen LogP contribution in [0.5, 0.6) is 0 Å². The Morgan fingerprint density at radius 2 is 1.88 bits per heavy atom. The van der Waals surface area contributed by atoms with Gasteiger partial charge < -0.3 is 14.5 Å². The highest BCUT2D eigenvalue weighted by Gasteiger charge is 2.50. The summed E-state index contributed by atoms with van der Waals surface area (Å²) in [6, 6.07) is 7.92.